The van der Waals surface area contributed by atoms with Crippen molar-refractivity contribution < 1.29 is 4.39 Å². The molecule has 2 atom stereocenters. The van der Waals surface area contributed by atoms with E-state index in [4.69, 9.17) is 0 Å². The largest absolute Gasteiger partial charge is 0.314 e. The monoisotopic (exact) mass is 290 g/mol. The van der Waals surface area contributed by atoms with Gasteiger partial charge in [0.15, 0.2) is 0 Å². The lowest BCUT2D eigenvalue weighted by Crippen LogP contribution is -2.49. The van der Waals surface area contributed by atoms with E-state index in [9.17, 15) is 4.39 Å². The third-order valence-corrected chi connectivity index (χ3v) is 5.12. The number of nitrogens with zero attached hydrogens (tertiary/aromatic N) is 1. The molecule has 116 valence electrons. The van der Waals surface area contributed by atoms with E-state index < -0.39 is 0 Å². The van der Waals surface area contributed by atoms with E-state index in [-0.39, 0.29) is 5.82 Å². The van der Waals surface area contributed by atoms with E-state index in [0.29, 0.717) is 6.04 Å². The number of fused-ring (bicyclic) bond motifs is 2. The van der Waals surface area contributed by atoms with Crippen LogP contribution < -0.4 is 5.32 Å². The fraction of sp³-hybridized carbons (Fsp3) is 0.667. The third-order valence-electron chi connectivity index (χ3n) is 5.12. The number of benzene rings is 1. The SMILES string of the molecule is CCCNC1CC2CCC(C1)N2CCc1cccc(F)c1. The molecule has 2 heterocycles. The first kappa shape index (κ1) is 15.0. The van der Waals surface area contributed by atoms with Gasteiger partial charge in [-0.15, -0.1) is 0 Å². The van der Waals surface area contributed by atoms with Crippen molar-refractivity contribution in [3.63, 3.8) is 0 Å². The average molecular weight is 290 g/mol. The summed E-state index contributed by atoms with van der Waals surface area (Å²) >= 11 is 0. The molecular weight excluding hydrogens is 263 g/mol. The molecule has 0 spiro atoms. The zero-order chi connectivity index (χ0) is 14.7. The molecule has 2 aliphatic rings. The van der Waals surface area contributed by atoms with Gasteiger partial charge in [-0.25, -0.2) is 4.39 Å². The number of hydrogen-bond donors (Lipinski definition) is 1. The van der Waals surface area contributed by atoms with Crippen LogP contribution >= 0.6 is 0 Å². The Kier molecular flexibility index (Phi) is 4.91. The highest BCUT2D eigenvalue weighted by Crippen LogP contribution is 2.35. The molecular formula is C18H27FN2. The topological polar surface area (TPSA) is 15.3 Å². The van der Waals surface area contributed by atoms with Crippen molar-refractivity contribution >= 4 is 0 Å². The summed E-state index contributed by atoms with van der Waals surface area (Å²) in [6, 6.07) is 9.27. The number of nitrogens with one attached hydrogen (secondary N) is 1. The molecule has 0 amide bonds. The van der Waals surface area contributed by atoms with Gasteiger partial charge in [-0.05, 0) is 62.8 Å². The Bertz CT molecular complexity index is 448. The van der Waals surface area contributed by atoms with Crippen LogP contribution in [-0.2, 0) is 6.42 Å². The van der Waals surface area contributed by atoms with Gasteiger partial charge >= 0.3 is 0 Å². The second kappa shape index (κ2) is 6.89. The smallest absolute Gasteiger partial charge is 0.123 e. The molecule has 2 aliphatic heterocycles. The predicted octanol–water partition coefficient (Wildman–Crippen LogP) is 3.36. The summed E-state index contributed by atoms with van der Waals surface area (Å²) in [5.74, 6) is -0.113. The normalized spacial score (nSPS) is 29.0. The van der Waals surface area contributed by atoms with Crippen LogP contribution in [0.3, 0.4) is 0 Å². The van der Waals surface area contributed by atoms with Crippen molar-refractivity contribution in [1.82, 2.24) is 10.2 Å². The first-order valence-electron chi connectivity index (χ1n) is 8.50. The number of piperidine rings is 1. The van der Waals surface area contributed by atoms with Crippen LogP contribution in [0.5, 0.6) is 0 Å². The maximum Gasteiger partial charge on any atom is 0.123 e. The summed E-state index contributed by atoms with van der Waals surface area (Å²) in [6.07, 6.45) is 7.46. The highest BCUT2D eigenvalue weighted by atomic mass is 19.1. The van der Waals surface area contributed by atoms with Crippen molar-refractivity contribution in [1.29, 1.82) is 0 Å². The first-order valence-corrected chi connectivity index (χ1v) is 8.50. The molecule has 3 heteroatoms. The van der Waals surface area contributed by atoms with Crippen LogP contribution in [0.4, 0.5) is 4.39 Å². The molecule has 1 N–H and O–H groups in total. The van der Waals surface area contributed by atoms with E-state index in [2.05, 4.69) is 17.1 Å². The van der Waals surface area contributed by atoms with Gasteiger partial charge in [0, 0.05) is 24.7 Å². The Labute approximate surface area is 127 Å². The second-order valence-electron chi connectivity index (χ2n) is 6.63. The fourth-order valence-corrected chi connectivity index (χ4v) is 4.11. The van der Waals surface area contributed by atoms with Gasteiger partial charge in [-0.3, -0.25) is 4.90 Å². The Morgan fingerprint density at radius 1 is 1.24 bits per heavy atom. The maximum absolute atomic E-state index is 13.2. The Morgan fingerprint density at radius 3 is 2.67 bits per heavy atom. The highest BCUT2D eigenvalue weighted by Gasteiger charge is 2.39. The van der Waals surface area contributed by atoms with Crippen molar-refractivity contribution in [2.75, 3.05) is 13.1 Å². The summed E-state index contributed by atoms with van der Waals surface area (Å²) in [4.78, 5) is 2.69. The van der Waals surface area contributed by atoms with Gasteiger partial charge in [0.05, 0.1) is 0 Å². The number of rotatable bonds is 6. The molecule has 0 aromatic heterocycles. The summed E-state index contributed by atoms with van der Waals surface area (Å²) in [7, 11) is 0. The molecule has 0 saturated carbocycles. The Hall–Kier alpha value is -0.930. The van der Waals surface area contributed by atoms with Gasteiger partial charge in [0.1, 0.15) is 5.82 Å². The molecule has 21 heavy (non-hydrogen) atoms. The minimum absolute atomic E-state index is 0.113. The summed E-state index contributed by atoms with van der Waals surface area (Å²) < 4.78 is 13.2. The predicted molar refractivity (Wildman–Crippen MR) is 84.9 cm³/mol. The second-order valence-corrected chi connectivity index (χ2v) is 6.63. The van der Waals surface area contributed by atoms with Gasteiger partial charge in [0.2, 0.25) is 0 Å². The molecule has 1 aromatic rings. The van der Waals surface area contributed by atoms with E-state index in [1.54, 1.807) is 6.07 Å². The van der Waals surface area contributed by atoms with Gasteiger partial charge < -0.3 is 5.32 Å². The Morgan fingerprint density at radius 2 is 2.00 bits per heavy atom. The molecule has 2 nitrogen and oxygen atoms in total. The molecule has 0 aliphatic carbocycles. The van der Waals surface area contributed by atoms with E-state index in [0.717, 1.165) is 37.2 Å². The summed E-state index contributed by atoms with van der Waals surface area (Å²) in [6.45, 7) is 4.46. The lowest BCUT2D eigenvalue weighted by molar-refractivity contribution is 0.118. The molecule has 2 unspecified atom stereocenters. The summed E-state index contributed by atoms with van der Waals surface area (Å²) in [5.41, 5.74) is 1.13. The third kappa shape index (κ3) is 3.64. The van der Waals surface area contributed by atoms with Gasteiger partial charge in [-0.1, -0.05) is 19.1 Å². The van der Waals surface area contributed by atoms with Crippen molar-refractivity contribution in [3.8, 4) is 0 Å². The summed E-state index contributed by atoms with van der Waals surface area (Å²) in [5, 5.41) is 3.70. The molecule has 3 rings (SSSR count). The first-order chi connectivity index (χ1) is 10.3. The van der Waals surface area contributed by atoms with Crippen LogP contribution in [0.1, 0.15) is 44.6 Å². The Balaban J connectivity index is 1.53. The quantitative estimate of drug-likeness (QED) is 0.864. The minimum atomic E-state index is -0.113. The number of halogens is 1. The van der Waals surface area contributed by atoms with Crippen LogP contribution in [0.25, 0.3) is 0 Å². The van der Waals surface area contributed by atoms with Gasteiger partial charge in [-0.2, -0.15) is 0 Å². The minimum Gasteiger partial charge on any atom is -0.314 e. The van der Waals surface area contributed by atoms with Crippen LogP contribution in [0.15, 0.2) is 24.3 Å². The van der Waals surface area contributed by atoms with E-state index >= 15 is 0 Å². The van der Waals surface area contributed by atoms with E-state index in [1.165, 1.54) is 38.2 Å². The standard InChI is InChI=1S/C18H27FN2/c1-2-9-20-16-12-17-6-7-18(13-16)21(17)10-8-14-4-3-5-15(19)11-14/h3-5,11,16-18,20H,2,6-10,12-13H2,1H3. The highest BCUT2D eigenvalue weighted by molar-refractivity contribution is 5.16. The van der Waals surface area contributed by atoms with E-state index in [1.807, 2.05) is 12.1 Å². The zero-order valence-electron chi connectivity index (χ0n) is 13.0. The zero-order valence-corrected chi connectivity index (χ0v) is 13.0. The molecule has 0 radical (unpaired) electrons. The van der Waals surface area contributed by atoms with Crippen LogP contribution in [0.2, 0.25) is 0 Å². The molecule has 1 aromatic carbocycles. The number of hydrogen-bond acceptors (Lipinski definition) is 2. The van der Waals surface area contributed by atoms with Crippen LogP contribution in [-0.4, -0.2) is 36.1 Å². The maximum atomic E-state index is 13.2. The lowest BCUT2D eigenvalue weighted by atomic mass is 9.96. The van der Waals surface area contributed by atoms with Crippen molar-refractivity contribution in [3.05, 3.63) is 35.6 Å². The average Bonchev–Trinajstić information content (AvgIpc) is 2.72. The fourth-order valence-electron chi connectivity index (χ4n) is 4.11. The van der Waals surface area contributed by atoms with Crippen molar-refractivity contribution in [2.45, 2.75) is 63.6 Å². The van der Waals surface area contributed by atoms with Gasteiger partial charge in [0.25, 0.3) is 0 Å². The molecule has 2 fully saturated rings. The van der Waals surface area contributed by atoms with Crippen LogP contribution in [0, 0.1) is 5.82 Å². The van der Waals surface area contributed by atoms with Crippen molar-refractivity contribution in [2.24, 2.45) is 0 Å². The lowest BCUT2D eigenvalue weighted by Gasteiger charge is -2.39. The molecule has 2 saturated heterocycles. The molecule has 2 bridgehead atoms.